The first-order chi connectivity index (χ1) is 13.4. The van der Waals surface area contributed by atoms with E-state index in [9.17, 15) is 8.42 Å². The summed E-state index contributed by atoms with van der Waals surface area (Å²) in [5, 5.41) is 1.77. The molecule has 148 valence electrons. The third kappa shape index (κ3) is 3.69. The third-order valence-electron chi connectivity index (χ3n) is 5.16. The van der Waals surface area contributed by atoms with Crippen molar-refractivity contribution in [2.45, 2.75) is 24.6 Å². The maximum atomic E-state index is 12.8. The van der Waals surface area contributed by atoms with E-state index in [2.05, 4.69) is 4.90 Å². The molecule has 3 aromatic rings. The van der Waals surface area contributed by atoms with Crippen LogP contribution in [-0.4, -0.2) is 48.8 Å². The highest BCUT2D eigenvalue weighted by atomic mass is 35.5. The zero-order valence-corrected chi connectivity index (χ0v) is 18.2. The maximum Gasteiger partial charge on any atom is 0.252 e. The number of aromatic nitrogens is 1. The highest BCUT2D eigenvalue weighted by Crippen LogP contribution is 2.29. The van der Waals surface area contributed by atoms with Crippen molar-refractivity contribution in [3.05, 3.63) is 57.6 Å². The summed E-state index contributed by atoms with van der Waals surface area (Å²) in [6.07, 6.45) is 0. The van der Waals surface area contributed by atoms with E-state index < -0.39 is 10.0 Å². The number of hydrogen-bond donors (Lipinski definition) is 0. The molecular formula is C20H22ClN3O2S2. The molecule has 1 aliphatic heterocycles. The van der Waals surface area contributed by atoms with Gasteiger partial charge in [0.1, 0.15) is 4.21 Å². The molecule has 0 radical (unpaired) electrons. The SMILES string of the molecule is Cc1ccc(S(=O)(=O)N2CCN(Cc3nc4ccccc4c(C)c3Cl)CC2)s1. The largest absolute Gasteiger partial charge is 0.295 e. The first-order valence-electron chi connectivity index (χ1n) is 9.19. The monoisotopic (exact) mass is 435 g/mol. The fourth-order valence-corrected chi connectivity index (χ4v) is 6.60. The molecule has 1 aliphatic rings. The van der Waals surface area contributed by atoms with Crippen LogP contribution in [0.15, 0.2) is 40.6 Å². The minimum absolute atomic E-state index is 0.424. The lowest BCUT2D eigenvalue weighted by molar-refractivity contribution is 0.180. The van der Waals surface area contributed by atoms with E-state index in [-0.39, 0.29) is 0 Å². The molecule has 1 aromatic carbocycles. The molecule has 2 aromatic heterocycles. The zero-order valence-electron chi connectivity index (χ0n) is 15.9. The second-order valence-corrected chi connectivity index (χ2v) is 10.9. The summed E-state index contributed by atoms with van der Waals surface area (Å²) in [7, 11) is -3.40. The molecule has 0 spiro atoms. The Morgan fingerprint density at radius 3 is 2.46 bits per heavy atom. The average molecular weight is 436 g/mol. The van der Waals surface area contributed by atoms with E-state index in [1.54, 1.807) is 10.4 Å². The summed E-state index contributed by atoms with van der Waals surface area (Å²) in [4.78, 5) is 7.96. The molecule has 0 unspecified atom stereocenters. The lowest BCUT2D eigenvalue weighted by atomic mass is 10.1. The first-order valence-corrected chi connectivity index (χ1v) is 11.8. The van der Waals surface area contributed by atoms with Gasteiger partial charge < -0.3 is 0 Å². The van der Waals surface area contributed by atoms with Gasteiger partial charge in [-0.3, -0.25) is 4.90 Å². The summed E-state index contributed by atoms with van der Waals surface area (Å²) in [6.45, 7) is 6.83. The highest BCUT2D eigenvalue weighted by Gasteiger charge is 2.30. The number of pyridine rings is 1. The summed E-state index contributed by atoms with van der Waals surface area (Å²) >= 11 is 7.91. The average Bonchev–Trinajstić information content (AvgIpc) is 3.14. The normalized spacial score (nSPS) is 16.7. The van der Waals surface area contributed by atoms with Crippen molar-refractivity contribution in [2.24, 2.45) is 0 Å². The number of sulfonamides is 1. The lowest BCUT2D eigenvalue weighted by Gasteiger charge is -2.33. The molecule has 28 heavy (non-hydrogen) atoms. The molecule has 0 atom stereocenters. The predicted molar refractivity (Wildman–Crippen MR) is 115 cm³/mol. The molecular weight excluding hydrogens is 414 g/mol. The van der Waals surface area contributed by atoms with Crippen molar-refractivity contribution in [1.29, 1.82) is 0 Å². The second-order valence-electron chi connectivity index (χ2n) is 7.06. The molecule has 5 nitrogen and oxygen atoms in total. The predicted octanol–water partition coefficient (Wildman–Crippen LogP) is 4.07. The number of benzene rings is 1. The quantitative estimate of drug-likeness (QED) is 0.619. The van der Waals surface area contributed by atoms with Crippen LogP contribution in [-0.2, 0) is 16.6 Å². The van der Waals surface area contributed by atoms with Gasteiger partial charge in [0, 0.05) is 43.0 Å². The lowest BCUT2D eigenvalue weighted by Crippen LogP contribution is -2.48. The van der Waals surface area contributed by atoms with Crippen molar-refractivity contribution < 1.29 is 8.42 Å². The number of thiophene rings is 1. The van der Waals surface area contributed by atoms with Crippen LogP contribution < -0.4 is 0 Å². The molecule has 1 fully saturated rings. The Balaban J connectivity index is 1.48. The third-order valence-corrected chi connectivity index (χ3v) is 9.03. The molecule has 0 saturated carbocycles. The minimum atomic E-state index is -3.40. The van der Waals surface area contributed by atoms with Gasteiger partial charge in [-0.15, -0.1) is 11.3 Å². The molecule has 0 bridgehead atoms. The highest BCUT2D eigenvalue weighted by molar-refractivity contribution is 7.91. The van der Waals surface area contributed by atoms with Crippen LogP contribution in [0.3, 0.4) is 0 Å². The van der Waals surface area contributed by atoms with E-state index in [0.29, 0.717) is 42.0 Å². The van der Waals surface area contributed by atoms with Gasteiger partial charge in [-0.25, -0.2) is 13.4 Å². The van der Waals surface area contributed by atoms with Crippen molar-refractivity contribution >= 4 is 43.9 Å². The van der Waals surface area contributed by atoms with Crippen LogP contribution in [0.25, 0.3) is 10.9 Å². The second kappa shape index (κ2) is 7.72. The van der Waals surface area contributed by atoms with Crippen molar-refractivity contribution in [3.8, 4) is 0 Å². The molecule has 1 saturated heterocycles. The van der Waals surface area contributed by atoms with Crippen molar-refractivity contribution in [1.82, 2.24) is 14.2 Å². The van der Waals surface area contributed by atoms with E-state index in [0.717, 1.165) is 27.0 Å². The topological polar surface area (TPSA) is 53.5 Å². The van der Waals surface area contributed by atoms with Crippen LogP contribution in [0.4, 0.5) is 0 Å². The standard InChI is InChI=1S/C20H22ClN3O2S2/c1-14-7-8-19(27-14)28(25,26)24-11-9-23(10-12-24)13-18-20(21)15(2)16-5-3-4-6-17(16)22-18/h3-8H,9-13H2,1-2H3. The summed E-state index contributed by atoms with van der Waals surface area (Å²) in [6, 6.07) is 11.5. The Hall–Kier alpha value is -1.51. The van der Waals surface area contributed by atoms with Crippen LogP contribution in [0, 0.1) is 13.8 Å². The summed E-state index contributed by atoms with van der Waals surface area (Å²) in [5.41, 5.74) is 2.83. The molecule has 8 heteroatoms. The number of halogens is 1. The maximum absolute atomic E-state index is 12.8. The number of para-hydroxylation sites is 1. The summed E-state index contributed by atoms with van der Waals surface area (Å²) in [5.74, 6) is 0. The summed E-state index contributed by atoms with van der Waals surface area (Å²) < 4.78 is 27.6. The smallest absolute Gasteiger partial charge is 0.252 e. The fraction of sp³-hybridized carbons (Fsp3) is 0.350. The van der Waals surface area contributed by atoms with Crippen molar-refractivity contribution in [2.75, 3.05) is 26.2 Å². The van der Waals surface area contributed by atoms with Crippen molar-refractivity contribution in [3.63, 3.8) is 0 Å². The van der Waals surface area contributed by atoms with Crippen LogP contribution in [0.2, 0.25) is 5.02 Å². The molecule has 4 rings (SSSR count). The molecule has 0 N–H and O–H groups in total. The van der Waals surface area contributed by atoms with E-state index in [1.807, 2.05) is 44.2 Å². The van der Waals surface area contributed by atoms with Gasteiger partial charge in [-0.1, -0.05) is 29.8 Å². The van der Waals surface area contributed by atoms with E-state index in [4.69, 9.17) is 16.6 Å². The molecule has 3 heterocycles. The number of aryl methyl sites for hydroxylation is 2. The van der Waals surface area contributed by atoms with E-state index in [1.165, 1.54) is 11.3 Å². The first kappa shape index (κ1) is 19.8. The van der Waals surface area contributed by atoms with Gasteiger partial charge in [0.05, 0.1) is 16.2 Å². The van der Waals surface area contributed by atoms with Crippen LogP contribution in [0.1, 0.15) is 16.1 Å². The Morgan fingerprint density at radius 2 is 1.79 bits per heavy atom. The number of rotatable bonds is 4. The van der Waals surface area contributed by atoms with Crippen LogP contribution >= 0.6 is 22.9 Å². The molecule has 0 amide bonds. The van der Waals surface area contributed by atoms with E-state index >= 15 is 0 Å². The minimum Gasteiger partial charge on any atom is -0.295 e. The Bertz CT molecular complexity index is 1120. The zero-order chi connectivity index (χ0) is 19.9. The van der Waals surface area contributed by atoms with Gasteiger partial charge in [0.15, 0.2) is 0 Å². The van der Waals surface area contributed by atoms with Gasteiger partial charge in [-0.05, 0) is 37.6 Å². The Morgan fingerprint density at radius 1 is 1.07 bits per heavy atom. The number of fused-ring (bicyclic) bond motifs is 1. The fourth-order valence-electron chi connectivity index (χ4n) is 3.54. The van der Waals surface area contributed by atoms with Gasteiger partial charge >= 0.3 is 0 Å². The van der Waals surface area contributed by atoms with Gasteiger partial charge in [0.25, 0.3) is 10.0 Å². The number of hydrogen-bond acceptors (Lipinski definition) is 5. The van der Waals surface area contributed by atoms with Gasteiger partial charge in [0.2, 0.25) is 0 Å². The number of nitrogens with zero attached hydrogens (tertiary/aromatic N) is 3. The van der Waals surface area contributed by atoms with Crippen LogP contribution in [0.5, 0.6) is 0 Å². The molecule has 0 aliphatic carbocycles. The Labute approximate surface area is 174 Å². The number of piperazine rings is 1. The Kier molecular flexibility index (Phi) is 5.46. The van der Waals surface area contributed by atoms with Gasteiger partial charge in [-0.2, -0.15) is 4.31 Å².